The fourth-order valence-electron chi connectivity index (χ4n) is 4.78. The van der Waals surface area contributed by atoms with Crippen molar-refractivity contribution in [2.24, 2.45) is 0 Å². The van der Waals surface area contributed by atoms with Gasteiger partial charge in [0.1, 0.15) is 6.54 Å². The Hall–Kier alpha value is -3.90. The molecular weight excluding hydrogens is 486 g/mol. The van der Waals surface area contributed by atoms with E-state index in [1.807, 2.05) is 47.5 Å². The van der Waals surface area contributed by atoms with E-state index in [4.69, 9.17) is 4.74 Å². The maximum atomic E-state index is 13.8. The molecule has 0 aliphatic heterocycles. The van der Waals surface area contributed by atoms with Gasteiger partial charge in [0, 0.05) is 56.0 Å². The lowest BCUT2D eigenvalue weighted by Crippen LogP contribution is -2.44. The molecular formula is C33H39N3O3. The van der Waals surface area contributed by atoms with Crippen molar-refractivity contribution in [1.29, 1.82) is 0 Å². The standard InChI is InChI=1S/C33H39N3O3/c1-4-26-14-16-28(17-15-26)33(38)36(19-7-21-39-3)24-32(37)35(23-27-12-10-25(2)11-13-27)20-18-29-22-34-31-9-6-5-8-30(29)31/h5-6,8-17,22,34H,4,7,18-21,23-24H2,1-3H3. The largest absolute Gasteiger partial charge is 0.385 e. The van der Waals surface area contributed by atoms with Crippen molar-refractivity contribution in [1.82, 2.24) is 14.8 Å². The Morgan fingerprint density at radius 1 is 0.872 bits per heavy atom. The van der Waals surface area contributed by atoms with Gasteiger partial charge in [-0.05, 0) is 61.1 Å². The number of H-pyrrole nitrogens is 1. The second kappa shape index (κ2) is 13.8. The first kappa shape index (κ1) is 28.1. The van der Waals surface area contributed by atoms with Gasteiger partial charge in [-0.2, -0.15) is 0 Å². The zero-order valence-electron chi connectivity index (χ0n) is 23.3. The van der Waals surface area contributed by atoms with Crippen molar-refractivity contribution in [2.75, 3.05) is 33.4 Å². The van der Waals surface area contributed by atoms with Crippen LogP contribution in [0.15, 0.2) is 79.0 Å². The molecule has 0 aliphatic carbocycles. The first-order chi connectivity index (χ1) is 19.0. The molecule has 204 valence electrons. The van der Waals surface area contributed by atoms with E-state index in [-0.39, 0.29) is 18.4 Å². The number of amides is 2. The summed E-state index contributed by atoms with van der Waals surface area (Å²) in [6, 6.07) is 24.2. The minimum Gasteiger partial charge on any atom is -0.385 e. The molecule has 0 saturated carbocycles. The molecule has 1 heterocycles. The zero-order valence-corrected chi connectivity index (χ0v) is 23.3. The predicted molar refractivity (Wildman–Crippen MR) is 157 cm³/mol. The maximum absolute atomic E-state index is 13.8. The normalized spacial score (nSPS) is 11.1. The van der Waals surface area contributed by atoms with Gasteiger partial charge in [-0.3, -0.25) is 9.59 Å². The Morgan fingerprint density at radius 3 is 2.31 bits per heavy atom. The molecule has 2 amide bonds. The van der Waals surface area contributed by atoms with Crippen LogP contribution in [-0.4, -0.2) is 59.9 Å². The Morgan fingerprint density at radius 2 is 1.59 bits per heavy atom. The smallest absolute Gasteiger partial charge is 0.254 e. The predicted octanol–water partition coefficient (Wildman–Crippen LogP) is 5.79. The molecule has 6 nitrogen and oxygen atoms in total. The summed E-state index contributed by atoms with van der Waals surface area (Å²) in [7, 11) is 1.65. The first-order valence-electron chi connectivity index (χ1n) is 13.7. The molecule has 0 unspecified atom stereocenters. The highest BCUT2D eigenvalue weighted by Gasteiger charge is 2.23. The molecule has 1 N–H and O–H groups in total. The van der Waals surface area contributed by atoms with Crippen molar-refractivity contribution in [3.63, 3.8) is 0 Å². The van der Waals surface area contributed by atoms with E-state index in [0.717, 1.165) is 23.9 Å². The number of benzene rings is 3. The first-order valence-corrected chi connectivity index (χ1v) is 13.7. The molecule has 1 aromatic heterocycles. The van der Waals surface area contributed by atoms with Gasteiger partial charge in [0.2, 0.25) is 5.91 Å². The third-order valence-electron chi connectivity index (χ3n) is 7.17. The molecule has 0 saturated heterocycles. The topological polar surface area (TPSA) is 65.6 Å². The van der Waals surface area contributed by atoms with Gasteiger partial charge in [-0.1, -0.05) is 67.1 Å². The number of aromatic nitrogens is 1. The number of carbonyl (C=O) groups is 2. The Labute approximate surface area is 231 Å². The number of carbonyl (C=O) groups excluding carboxylic acids is 2. The van der Waals surface area contributed by atoms with E-state index in [2.05, 4.69) is 55.2 Å². The molecule has 0 bridgehead atoms. The van der Waals surface area contributed by atoms with Crippen molar-refractivity contribution in [3.05, 3.63) is 107 Å². The number of aromatic amines is 1. The summed E-state index contributed by atoms with van der Waals surface area (Å²) in [6.07, 6.45) is 4.32. The van der Waals surface area contributed by atoms with Crippen molar-refractivity contribution in [3.8, 4) is 0 Å². The molecule has 6 heteroatoms. The number of aryl methyl sites for hydroxylation is 2. The molecule has 4 rings (SSSR count). The van der Waals surface area contributed by atoms with E-state index < -0.39 is 0 Å². The lowest BCUT2D eigenvalue weighted by atomic mass is 10.1. The van der Waals surface area contributed by atoms with Gasteiger partial charge in [0.15, 0.2) is 0 Å². The van der Waals surface area contributed by atoms with Gasteiger partial charge < -0.3 is 19.5 Å². The molecule has 0 spiro atoms. The van der Waals surface area contributed by atoms with Crippen molar-refractivity contribution < 1.29 is 14.3 Å². The SMILES string of the molecule is CCc1ccc(C(=O)N(CCCOC)CC(=O)N(CCc2c[nH]c3ccccc23)Cc2ccc(C)cc2)cc1. The minimum absolute atomic E-state index is 0.0256. The zero-order chi connectivity index (χ0) is 27.6. The molecule has 0 atom stereocenters. The number of hydrogen-bond acceptors (Lipinski definition) is 3. The Bertz CT molecular complexity index is 1360. The van der Waals surface area contributed by atoms with E-state index in [0.29, 0.717) is 38.2 Å². The highest BCUT2D eigenvalue weighted by Crippen LogP contribution is 2.19. The van der Waals surface area contributed by atoms with Crippen LogP contribution < -0.4 is 0 Å². The summed E-state index contributed by atoms with van der Waals surface area (Å²) in [5, 5.41) is 1.17. The highest BCUT2D eigenvalue weighted by molar-refractivity contribution is 5.96. The number of nitrogens with one attached hydrogen (secondary N) is 1. The molecule has 0 aliphatic rings. The third-order valence-corrected chi connectivity index (χ3v) is 7.17. The van der Waals surface area contributed by atoms with Crippen LogP contribution in [0.25, 0.3) is 10.9 Å². The summed E-state index contributed by atoms with van der Waals surface area (Å²) in [4.78, 5) is 34.2. The second-order valence-electron chi connectivity index (χ2n) is 10.0. The summed E-state index contributed by atoms with van der Waals surface area (Å²) < 4.78 is 5.23. The average Bonchev–Trinajstić information content (AvgIpc) is 3.38. The lowest BCUT2D eigenvalue weighted by Gasteiger charge is -2.28. The number of rotatable bonds is 13. The number of methoxy groups -OCH3 is 1. The van der Waals surface area contributed by atoms with Crippen molar-refractivity contribution in [2.45, 2.75) is 39.7 Å². The minimum atomic E-state index is -0.131. The molecule has 39 heavy (non-hydrogen) atoms. The van der Waals surface area contributed by atoms with Crippen LogP contribution in [0.3, 0.4) is 0 Å². The molecule has 4 aromatic rings. The number of nitrogens with zero attached hydrogens (tertiary/aromatic N) is 2. The van der Waals surface area contributed by atoms with Crippen LogP contribution >= 0.6 is 0 Å². The van der Waals surface area contributed by atoms with E-state index in [9.17, 15) is 9.59 Å². The van der Waals surface area contributed by atoms with Crippen LogP contribution in [0.4, 0.5) is 0 Å². The maximum Gasteiger partial charge on any atom is 0.254 e. The van der Waals surface area contributed by atoms with Crippen LogP contribution in [0.2, 0.25) is 0 Å². The number of fused-ring (bicyclic) bond motifs is 1. The Balaban J connectivity index is 1.53. The monoisotopic (exact) mass is 525 g/mol. The van der Waals surface area contributed by atoms with Crippen molar-refractivity contribution >= 4 is 22.7 Å². The fourth-order valence-corrected chi connectivity index (χ4v) is 4.78. The van der Waals surface area contributed by atoms with Gasteiger partial charge in [-0.25, -0.2) is 0 Å². The third kappa shape index (κ3) is 7.58. The summed E-state index contributed by atoms with van der Waals surface area (Å²) in [6.45, 7) is 6.20. The van der Waals surface area contributed by atoms with Gasteiger partial charge >= 0.3 is 0 Å². The summed E-state index contributed by atoms with van der Waals surface area (Å²) in [5.41, 5.74) is 6.29. The van der Waals surface area contributed by atoms with E-state index in [1.54, 1.807) is 12.0 Å². The van der Waals surface area contributed by atoms with Crippen LogP contribution in [0, 0.1) is 6.92 Å². The molecule has 3 aromatic carbocycles. The van der Waals surface area contributed by atoms with Crippen LogP contribution in [0.1, 0.15) is 46.0 Å². The summed E-state index contributed by atoms with van der Waals surface area (Å²) >= 11 is 0. The quantitative estimate of drug-likeness (QED) is 0.225. The summed E-state index contributed by atoms with van der Waals surface area (Å²) in [5.74, 6) is -0.194. The fraction of sp³-hybridized carbons (Fsp3) is 0.333. The number of hydrogen-bond donors (Lipinski definition) is 1. The van der Waals surface area contributed by atoms with E-state index >= 15 is 0 Å². The van der Waals surface area contributed by atoms with Crippen LogP contribution in [0.5, 0.6) is 0 Å². The van der Waals surface area contributed by atoms with Gasteiger partial charge in [-0.15, -0.1) is 0 Å². The number of para-hydroxylation sites is 1. The Kier molecular flexibility index (Phi) is 9.92. The van der Waals surface area contributed by atoms with Crippen LogP contribution in [-0.2, 0) is 28.9 Å². The average molecular weight is 526 g/mol. The van der Waals surface area contributed by atoms with Gasteiger partial charge in [0.25, 0.3) is 5.91 Å². The highest BCUT2D eigenvalue weighted by atomic mass is 16.5. The lowest BCUT2D eigenvalue weighted by molar-refractivity contribution is -0.132. The number of ether oxygens (including phenoxy) is 1. The molecule has 0 radical (unpaired) electrons. The molecule has 0 fully saturated rings. The van der Waals surface area contributed by atoms with Gasteiger partial charge in [0.05, 0.1) is 0 Å². The van der Waals surface area contributed by atoms with E-state index in [1.165, 1.54) is 22.1 Å². The second-order valence-corrected chi connectivity index (χ2v) is 10.0.